The molecule has 2 aromatic heterocycles. The number of rotatable bonds is 5. The highest BCUT2D eigenvalue weighted by Crippen LogP contribution is 2.29. The molecule has 0 spiro atoms. The van der Waals surface area contributed by atoms with Gasteiger partial charge in [0.25, 0.3) is 0 Å². The molecule has 6 heteroatoms. The third-order valence-corrected chi connectivity index (χ3v) is 4.16. The zero-order valence-electron chi connectivity index (χ0n) is 11.9. The molecule has 0 amide bonds. The van der Waals surface area contributed by atoms with E-state index in [2.05, 4.69) is 15.5 Å². The number of hydrazine groups is 1. The fraction of sp³-hybridized carbons (Fsp3) is 0.467. The SMILES string of the molecule is NNC(Cc1ccn(C2CCCC2)n1)c1ccncc1F. The minimum atomic E-state index is -0.351. The van der Waals surface area contributed by atoms with Gasteiger partial charge < -0.3 is 0 Å². The Morgan fingerprint density at radius 1 is 1.38 bits per heavy atom. The number of hydrogen-bond acceptors (Lipinski definition) is 4. The highest BCUT2D eigenvalue weighted by molar-refractivity contribution is 5.19. The van der Waals surface area contributed by atoms with Crippen molar-refractivity contribution in [1.29, 1.82) is 0 Å². The molecule has 1 fully saturated rings. The summed E-state index contributed by atoms with van der Waals surface area (Å²) in [5.74, 6) is 5.23. The lowest BCUT2D eigenvalue weighted by molar-refractivity contribution is 0.454. The molecule has 2 heterocycles. The average molecular weight is 289 g/mol. The molecule has 0 saturated heterocycles. The number of pyridine rings is 1. The Morgan fingerprint density at radius 2 is 2.19 bits per heavy atom. The maximum absolute atomic E-state index is 13.8. The molecule has 3 rings (SSSR count). The van der Waals surface area contributed by atoms with E-state index >= 15 is 0 Å². The second-order valence-corrected chi connectivity index (χ2v) is 5.55. The van der Waals surface area contributed by atoms with Gasteiger partial charge in [-0.15, -0.1) is 0 Å². The van der Waals surface area contributed by atoms with Crippen LogP contribution in [0.1, 0.15) is 49.0 Å². The van der Waals surface area contributed by atoms with E-state index in [1.807, 2.05) is 16.9 Å². The number of aromatic nitrogens is 3. The van der Waals surface area contributed by atoms with Crippen LogP contribution in [0.15, 0.2) is 30.7 Å². The zero-order chi connectivity index (χ0) is 14.7. The average Bonchev–Trinajstić information content (AvgIpc) is 3.16. The Kier molecular flexibility index (Phi) is 4.26. The Bertz CT molecular complexity index is 591. The highest BCUT2D eigenvalue weighted by atomic mass is 19.1. The monoisotopic (exact) mass is 289 g/mol. The molecule has 1 unspecified atom stereocenters. The van der Waals surface area contributed by atoms with Crippen molar-refractivity contribution >= 4 is 0 Å². The Morgan fingerprint density at radius 3 is 2.90 bits per heavy atom. The summed E-state index contributed by atoms with van der Waals surface area (Å²) in [4.78, 5) is 3.76. The summed E-state index contributed by atoms with van der Waals surface area (Å²) in [7, 11) is 0. The Balaban J connectivity index is 1.74. The van der Waals surface area contributed by atoms with Gasteiger partial charge in [0.1, 0.15) is 5.82 Å². The van der Waals surface area contributed by atoms with Crippen LogP contribution < -0.4 is 11.3 Å². The number of hydrogen-bond donors (Lipinski definition) is 2. The molecule has 0 aromatic carbocycles. The van der Waals surface area contributed by atoms with E-state index in [1.165, 1.54) is 31.9 Å². The molecule has 112 valence electrons. The number of nitrogens with two attached hydrogens (primary N) is 1. The van der Waals surface area contributed by atoms with Crippen LogP contribution in [-0.4, -0.2) is 14.8 Å². The Hall–Kier alpha value is -1.79. The Labute approximate surface area is 123 Å². The van der Waals surface area contributed by atoms with Gasteiger partial charge in [-0.05, 0) is 25.0 Å². The van der Waals surface area contributed by atoms with Crippen LogP contribution in [0.4, 0.5) is 4.39 Å². The predicted molar refractivity (Wildman–Crippen MR) is 77.7 cm³/mol. The lowest BCUT2D eigenvalue weighted by atomic mass is 10.0. The molecule has 1 aliphatic rings. The number of nitrogens with one attached hydrogen (secondary N) is 1. The van der Waals surface area contributed by atoms with Crippen molar-refractivity contribution in [1.82, 2.24) is 20.2 Å². The van der Waals surface area contributed by atoms with Gasteiger partial charge in [0.05, 0.1) is 24.0 Å². The summed E-state index contributed by atoms with van der Waals surface area (Å²) in [5.41, 5.74) is 4.10. The van der Waals surface area contributed by atoms with E-state index in [9.17, 15) is 4.39 Å². The van der Waals surface area contributed by atoms with Gasteiger partial charge in [0.2, 0.25) is 0 Å². The van der Waals surface area contributed by atoms with Crippen LogP contribution in [0.2, 0.25) is 0 Å². The van der Waals surface area contributed by atoms with Gasteiger partial charge in [-0.3, -0.25) is 20.9 Å². The molecule has 0 bridgehead atoms. The summed E-state index contributed by atoms with van der Waals surface area (Å²) in [6.45, 7) is 0. The standard InChI is InChI=1S/C15H20FN5/c16-14-10-18-7-5-13(14)15(19-17)9-11-6-8-21(20-11)12-3-1-2-4-12/h5-8,10,12,15,19H,1-4,9,17H2. The summed E-state index contributed by atoms with van der Waals surface area (Å²) < 4.78 is 15.8. The fourth-order valence-electron chi connectivity index (χ4n) is 2.99. The second kappa shape index (κ2) is 6.32. The number of nitrogens with zero attached hydrogens (tertiary/aromatic N) is 3. The third kappa shape index (κ3) is 3.11. The molecule has 0 radical (unpaired) electrons. The van der Waals surface area contributed by atoms with Crippen LogP contribution in [0, 0.1) is 5.82 Å². The molecule has 5 nitrogen and oxygen atoms in total. The van der Waals surface area contributed by atoms with E-state index in [0.29, 0.717) is 18.0 Å². The second-order valence-electron chi connectivity index (χ2n) is 5.55. The topological polar surface area (TPSA) is 68.8 Å². The first-order valence-corrected chi connectivity index (χ1v) is 7.37. The van der Waals surface area contributed by atoms with Crippen LogP contribution in [0.5, 0.6) is 0 Å². The van der Waals surface area contributed by atoms with E-state index in [0.717, 1.165) is 5.69 Å². The lowest BCUT2D eigenvalue weighted by Crippen LogP contribution is -2.30. The van der Waals surface area contributed by atoms with Gasteiger partial charge in [-0.25, -0.2) is 4.39 Å². The molecule has 1 saturated carbocycles. The first-order valence-electron chi connectivity index (χ1n) is 7.37. The predicted octanol–water partition coefficient (Wildman–Crippen LogP) is 2.28. The van der Waals surface area contributed by atoms with Gasteiger partial charge in [0.15, 0.2) is 0 Å². The minimum absolute atomic E-state index is 0.306. The molecule has 21 heavy (non-hydrogen) atoms. The van der Waals surface area contributed by atoms with Crippen LogP contribution in [0.3, 0.4) is 0 Å². The summed E-state index contributed by atoms with van der Waals surface area (Å²) >= 11 is 0. The van der Waals surface area contributed by atoms with Gasteiger partial charge in [0, 0.05) is 24.4 Å². The van der Waals surface area contributed by atoms with Crippen molar-refractivity contribution in [3.8, 4) is 0 Å². The van der Waals surface area contributed by atoms with E-state index in [4.69, 9.17) is 5.84 Å². The summed E-state index contributed by atoms with van der Waals surface area (Å²) in [6, 6.07) is 3.84. The van der Waals surface area contributed by atoms with Crippen molar-refractivity contribution in [2.75, 3.05) is 0 Å². The van der Waals surface area contributed by atoms with E-state index in [1.54, 1.807) is 12.3 Å². The van der Waals surface area contributed by atoms with E-state index in [-0.39, 0.29) is 11.9 Å². The minimum Gasteiger partial charge on any atom is -0.271 e. The van der Waals surface area contributed by atoms with Gasteiger partial charge in [-0.1, -0.05) is 12.8 Å². The summed E-state index contributed by atoms with van der Waals surface area (Å²) in [5, 5.41) is 4.62. The molecule has 2 aromatic rings. The fourth-order valence-corrected chi connectivity index (χ4v) is 2.99. The van der Waals surface area contributed by atoms with Crippen LogP contribution in [-0.2, 0) is 6.42 Å². The maximum atomic E-state index is 13.8. The highest BCUT2D eigenvalue weighted by Gasteiger charge is 2.20. The van der Waals surface area contributed by atoms with Crippen molar-refractivity contribution in [3.05, 3.63) is 47.8 Å². The van der Waals surface area contributed by atoms with Crippen molar-refractivity contribution < 1.29 is 4.39 Å². The molecule has 1 atom stereocenters. The van der Waals surface area contributed by atoms with Gasteiger partial charge in [-0.2, -0.15) is 5.10 Å². The molecular formula is C15H20FN5. The normalized spacial score (nSPS) is 17.2. The third-order valence-electron chi connectivity index (χ3n) is 4.16. The largest absolute Gasteiger partial charge is 0.271 e. The molecular weight excluding hydrogens is 269 g/mol. The molecule has 0 aliphatic heterocycles. The van der Waals surface area contributed by atoms with Crippen LogP contribution in [0.25, 0.3) is 0 Å². The van der Waals surface area contributed by atoms with Crippen molar-refractivity contribution in [3.63, 3.8) is 0 Å². The smallest absolute Gasteiger partial charge is 0.146 e. The lowest BCUT2D eigenvalue weighted by Gasteiger charge is -2.15. The first kappa shape index (κ1) is 14.2. The van der Waals surface area contributed by atoms with Crippen molar-refractivity contribution in [2.24, 2.45) is 5.84 Å². The van der Waals surface area contributed by atoms with Crippen LogP contribution >= 0.6 is 0 Å². The quantitative estimate of drug-likeness (QED) is 0.654. The maximum Gasteiger partial charge on any atom is 0.146 e. The van der Waals surface area contributed by atoms with E-state index < -0.39 is 0 Å². The zero-order valence-corrected chi connectivity index (χ0v) is 11.9. The summed E-state index contributed by atoms with van der Waals surface area (Å²) in [6.07, 6.45) is 10.3. The molecule has 3 N–H and O–H groups in total. The van der Waals surface area contributed by atoms with Crippen molar-refractivity contribution in [2.45, 2.75) is 44.2 Å². The molecule has 1 aliphatic carbocycles. The first-order chi connectivity index (χ1) is 10.3. The number of halogens is 1. The van der Waals surface area contributed by atoms with Gasteiger partial charge >= 0.3 is 0 Å².